The van der Waals surface area contributed by atoms with E-state index in [0.29, 0.717) is 25.9 Å². The third-order valence-corrected chi connectivity index (χ3v) is 3.76. The van der Waals surface area contributed by atoms with Crippen molar-refractivity contribution < 1.29 is 27.8 Å². The number of esters is 1. The summed E-state index contributed by atoms with van der Waals surface area (Å²) >= 11 is 0. The molecule has 0 saturated carbocycles. The molecule has 4 nitrogen and oxygen atoms in total. The van der Waals surface area contributed by atoms with Crippen LogP contribution in [-0.4, -0.2) is 36.4 Å². The van der Waals surface area contributed by atoms with Gasteiger partial charge >= 0.3 is 12.1 Å². The van der Waals surface area contributed by atoms with E-state index >= 15 is 0 Å². The number of benzene rings is 1. The second kappa shape index (κ2) is 6.66. The lowest BCUT2D eigenvalue weighted by Gasteiger charge is -2.37. The minimum Gasteiger partial charge on any atom is -0.454 e. The van der Waals surface area contributed by atoms with Crippen LogP contribution in [0.2, 0.25) is 0 Å². The van der Waals surface area contributed by atoms with Gasteiger partial charge in [-0.15, -0.1) is 0 Å². The first-order valence-corrected chi connectivity index (χ1v) is 7.06. The standard InChI is InChI=1S/C15H18F3NO3/c16-15(17,18)12(20)10-13(21)22-14(6-8-19-9-7-14)11-4-2-1-3-5-11/h1-5,12,19-20H,6-10H2. The molecule has 1 fully saturated rings. The summed E-state index contributed by atoms with van der Waals surface area (Å²) in [5, 5.41) is 12.1. The molecule has 122 valence electrons. The summed E-state index contributed by atoms with van der Waals surface area (Å²) in [5.41, 5.74) is -0.180. The van der Waals surface area contributed by atoms with Crippen molar-refractivity contribution in [3.05, 3.63) is 35.9 Å². The number of halogens is 3. The van der Waals surface area contributed by atoms with Crippen LogP contribution in [0.25, 0.3) is 0 Å². The van der Waals surface area contributed by atoms with Crippen LogP contribution < -0.4 is 5.32 Å². The zero-order valence-corrected chi connectivity index (χ0v) is 11.9. The Kier molecular flexibility index (Phi) is 5.08. The SMILES string of the molecule is O=C(CC(O)C(F)(F)F)OC1(c2ccccc2)CCNCC1. The van der Waals surface area contributed by atoms with Crippen LogP contribution in [0, 0.1) is 0 Å². The first-order chi connectivity index (χ1) is 10.3. The molecule has 0 bridgehead atoms. The van der Waals surface area contributed by atoms with E-state index in [9.17, 15) is 18.0 Å². The molecule has 1 aliphatic rings. The molecule has 22 heavy (non-hydrogen) atoms. The molecule has 0 amide bonds. The Morgan fingerprint density at radius 1 is 1.27 bits per heavy atom. The Morgan fingerprint density at radius 3 is 2.41 bits per heavy atom. The van der Waals surface area contributed by atoms with E-state index in [1.54, 1.807) is 24.3 Å². The summed E-state index contributed by atoms with van der Waals surface area (Å²) in [6.07, 6.45) is -7.66. The quantitative estimate of drug-likeness (QED) is 0.835. The Balaban J connectivity index is 2.12. The number of hydrogen-bond donors (Lipinski definition) is 2. The normalized spacial score (nSPS) is 19.5. The monoisotopic (exact) mass is 317 g/mol. The van der Waals surface area contributed by atoms with Crippen LogP contribution in [0.3, 0.4) is 0 Å². The topological polar surface area (TPSA) is 58.6 Å². The molecule has 2 rings (SSSR count). The maximum atomic E-state index is 12.3. The Hall–Kier alpha value is -1.60. The lowest BCUT2D eigenvalue weighted by Crippen LogP contribution is -2.44. The smallest absolute Gasteiger partial charge is 0.414 e. The average Bonchev–Trinajstić information content (AvgIpc) is 2.48. The second-order valence-corrected chi connectivity index (χ2v) is 5.35. The fourth-order valence-electron chi connectivity index (χ4n) is 2.56. The first kappa shape index (κ1) is 16.8. The zero-order valence-electron chi connectivity index (χ0n) is 11.9. The lowest BCUT2D eigenvalue weighted by atomic mass is 9.84. The molecule has 1 aromatic carbocycles. The fraction of sp³-hybridized carbons (Fsp3) is 0.533. The van der Waals surface area contributed by atoms with E-state index in [0.717, 1.165) is 5.56 Å². The number of piperidine rings is 1. The number of hydrogen-bond acceptors (Lipinski definition) is 4. The molecule has 1 atom stereocenters. The van der Waals surface area contributed by atoms with Gasteiger partial charge in [0, 0.05) is 12.8 Å². The van der Waals surface area contributed by atoms with Gasteiger partial charge in [0.25, 0.3) is 0 Å². The fourth-order valence-corrected chi connectivity index (χ4v) is 2.56. The number of nitrogens with one attached hydrogen (secondary N) is 1. The first-order valence-electron chi connectivity index (χ1n) is 7.06. The molecule has 0 aliphatic carbocycles. The second-order valence-electron chi connectivity index (χ2n) is 5.35. The number of alkyl halides is 3. The van der Waals surface area contributed by atoms with Gasteiger partial charge in [-0.2, -0.15) is 13.2 Å². The van der Waals surface area contributed by atoms with Gasteiger partial charge in [0.2, 0.25) is 0 Å². The highest BCUT2D eigenvalue weighted by molar-refractivity contribution is 5.71. The third-order valence-electron chi connectivity index (χ3n) is 3.76. The minimum absolute atomic E-state index is 0.477. The van der Waals surface area contributed by atoms with Crippen molar-refractivity contribution in [2.24, 2.45) is 0 Å². The van der Waals surface area contributed by atoms with Gasteiger partial charge in [-0.1, -0.05) is 30.3 Å². The van der Waals surface area contributed by atoms with E-state index in [1.807, 2.05) is 6.07 Å². The van der Waals surface area contributed by atoms with E-state index < -0.39 is 30.3 Å². The Morgan fingerprint density at radius 2 is 1.86 bits per heavy atom. The Labute approximate surface area is 126 Å². The van der Waals surface area contributed by atoms with Gasteiger partial charge in [0.15, 0.2) is 6.10 Å². The molecule has 7 heteroatoms. The molecule has 1 unspecified atom stereocenters. The van der Waals surface area contributed by atoms with Crippen molar-refractivity contribution in [2.75, 3.05) is 13.1 Å². The lowest BCUT2D eigenvalue weighted by molar-refractivity contribution is -0.213. The van der Waals surface area contributed by atoms with E-state index in [2.05, 4.69) is 5.32 Å². The van der Waals surface area contributed by atoms with Gasteiger partial charge in [-0.05, 0) is 18.7 Å². The van der Waals surface area contributed by atoms with Gasteiger partial charge in [-0.25, -0.2) is 0 Å². The number of carbonyl (C=O) groups excluding carboxylic acids is 1. The van der Waals surface area contributed by atoms with Gasteiger partial charge < -0.3 is 15.2 Å². The maximum absolute atomic E-state index is 12.3. The maximum Gasteiger partial charge on any atom is 0.414 e. The molecule has 1 aromatic rings. The number of rotatable bonds is 4. The molecule has 0 aromatic heterocycles. The van der Waals surface area contributed by atoms with Crippen molar-refractivity contribution in [1.82, 2.24) is 5.32 Å². The van der Waals surface area contributed by atoms with Crippen molar-refractivity contribution in [1.29, 1.82) is 0 Å². The van der Waals surface area contributed by atoms with Gasteiger partial charge in [0.05, 0.1) is 6.42 Å². The molecular formula is C15H18F3NO3. The number of carbonyl (C=O) groups is 1. The van der Waals surface area contributed by atoms with Crippen molar-refractivity contribution in [3.8, 4) is 0 Å². The van der Waals surface area contributed by atoms with Crippen LogP contribution >= 0.6 is 0 Å². The van der Waals surface area contributed by atoms with Crippen molar-refractivity contribution in [2.45, 2.75) is 37.1 Å². The average molecular weight is 317 g/mol. The van der Waals surface area contributed by atoms with Gasteiger partial charge in [-0.3, -0.25) is 4.79 Å². The molecule has 0 spiro atoms. The van der Waals surface area contributed by atoms with E-state index in [4.69, 9.17) is 9.84 Å². The highest BCUT2D eigenvalue weighted by Crippen LogP contribution is 2.35. The van der Waals surface area contributed by atoms with Crippen LogP contribution in [0.4, 0.5) is 13.2 Å². The van der Waals surface area contributed by atoms with Crippen molar-refractivity contribution >= 4 is 5.97 Å². The largest absolute Gasteiger partial charge is 0.454 e. The van der Waals surface area contributed by atoms with Gasteiger partial charge in [0.1, 0.15) is 5.60 Å². The highest BCUT2D eigenvalue weighted by Gasteiger charge is 2.43. The Bertz CT molecular complexity index is 499. The third kappa shape index (κ3) is 3.98. The molecule has 1 saturated heterocycles. The summed E-state index contributed by atoms with van der Waals surface area (Å²) in [4.78, 5) is 11.8. The molecule has 1 aliphatic heterocycles. The van der Waals surface area contributed by atoms with Crippen LogP contribution in [0.1, 0.15) is 24.8 Å². The number of aliphatic hydroxyl groups excluding tert-OH is 1. The van der Waals surface area contributed by atoms with E-state index in [-0.39, 0.29) is 0 Å². The van der Waals surface area contributed by atoms with Crippen molar-refractivity contribution in [3.63, 3.8) is 0 Å². The minimum atomic E-state index is -4.83. The molecule has 2 N–H and O–H groups in total. The number of aliphatic hydroxyl groups is 1. The highest BCUT2D eigenvalue weighted by atomic mass is 19.4. The summed E-state index contributed by atoms with van der Waals surface area (Å²) in [6.45, 7) is 1.20. The molecular weight excluding hydrogens is 299 g/mol. The summed E-state index contributed by atoms with van der Waals surface area (Å²) in [7, 11) is 0. The molecule has 0 radical (unpaired) electrons. The summed E-state index contributed by atoms with van der Waals surface area (Å²) in [6, 6.07) is 8.97. The molecule has 1 heterocycles. The predicted octanol–water partition coefficient (Wildman–Crippen LogP) is 2.12. The van der Waals surface area contributed by atoms with Crippen LogP contribution in [0.15, 0.2) is 30.3 Å². The summed E-state index contributed by atoms with van der Waals surface area (Å²) < 4.78 is 42.4. The van der Waals surface area contributed by atoms with Crippen LogP contribution in [0.5, 0.6) is 0 Å². The zero-order chi connectivity index (χ0) is 16.2. The van der Waals surface area contributed by atoms with E-state index in [1.165, 1.54) is 0 Å². The predicted molar refractivity (Wildman–Crippen MR) is 73.0 cm³/mol. The summed E-state index contributed by atoms with van der Waals surface area (Å²) in [5.74, 6) is -1.05. The van der Waals surface area contributed by atoms with Crippen LogP contribution in [-0.2, 0) is 15.1 Å². The number of ether oxygens (including phenoxy) is 1.